The van der Waals surface area contributed by atoms with Crippen molar-refractivity contribution in [2.75, 3.05) is 5.32 Å². The largest absolute Gasteiger partial charge is 0.324 e. The van der Waals surface area contributed by atoms with Crippen LogP contribution in [0.5, 0.6) is 0 Å². The molecule has 0 spiro atoms. The SMILES string of the molecule is O=C(Nc1nc2ccccc2[nH]1)c1cc2c(s1)CCCC2. The van der Waals surface area contributed by atoms with Gasteiger partial charge in [0.15, 0.2) is 0 Å². The van der Waals surface area contributed by atoms with Gasteiger partial charge in [0.2, 0.25) is 5.95 Å². The Labute approximate surface area is 126 Å². The number of hydrogen-bond donors (Lipinski definition) is 2. The van der Waals surface area contributed by atoms with Crippen LogP contribution in [0.3, 0.4) is 0 Å². The molecule has 0 fully saturated rings. The number of carbonyl (C=O) groups is 1. The summed E-state index contributed by atoms with van der Waals surface area (Å²) in [6.45, 7) is 0. The third-order valence-corrected chi connectivity index (χ3v) is 5.08. The van der Waals surface area contributed by atoms with E-state index in [1.54, 1.807) is 11.3 Å². The van der Waals surface area contributed by atoms with E-state index in [1.807, 2.05) is 30.3 Å². The molecule has 0 saturated carbocycles. The van der Waals surface area contributed by atoms with Crippen molar-refractivity contribution in [3.63, 3.8) is 0 Å². The minimum absolute atomic E-state index is 0.0755. The average Bonchev–Trinajstić information content (AvgIpc) is 3.10. The van der Waals surface area contributed by atoms with Gasteiger partial charge in [0, 0.05) is 4.88 Å². The molecule has 1 aliphatic rings. The molecule has 0 atom stereocenters. The van der Waals surface area contributed by atoms with Gasteiger partial charge in [-0.15, -0.1) is 11.3 Å². The Hall–Kier alpha value is -2.14. The molecular weight excluding hydrogens is 282 g/mol. The fourth-order valence-corrected chi connectivity index (χ4v) is 3.93. The lowest BCUT2D eigenvalue weighted by Crippen LogP contribution is -2.11. The number of hydrogen-bond acceptors (Lipinski definition) is 3. The van der Waals surface area contributed by atoms with Crippen molar-refractivity contribution in [2.45, 2.75) is 25.7 Å². The van der Waals surface area contributed by atoms with Crippen molar-refractivity contribution >= 4 is 34.2 Å². The highest BCUT2D eigenvalue weighted by Crippen LogP contribution is 2.30. The molecule has 2 heterocycles. The average molecular weight is 297 g/mol. The Kier molecular flexibility index (Phi) is 3.00. The van der Waals surface area contributed by atoms with Crippen molar-refractivity contribution in [2.24, 2.45) is 0 Å². The first-order valence-corrected chi connectivity index (χ1v) is 7.99. The summed E-state index contributed by atoms with van der Waals surface area (Å²) in [6.07, 6.45) is 4.67. The van der Waals surface area contributed by atoms with Crippen LogP contribution < -0.4 is 5.32 Å². The number of aryl methyl sites for hydroxylation is 2. The molecule has 0 unspecified atom stereocenters. The standard InChI is InChI=1S/C16H15N3OS/c20-15(14-9-10-5-1-4-8-13(10)21-14)19-16-17-11-6-2-3-7-12(11)18-16/h2-3,6-7,9H,1,4-5,8H2,(H2,17,18,19,20). The highest BCUT2D eigenvalue weighted by Gasteiger charge is 2.18. The molecule has 0 aliphatic heterocycles. The van der Waals surface area contributed by atoms with Crippen LogP contribution in [-0.2, 0) is 12.8 Å². The number of benzene rings is 1. The predicted molar refractivity (Wildman–Crippen MR) is 85.0 cm³/mol. The van der Waals surface area contributed by atoms with Crippen molar-refractivity contribution in [3.05, 3.63) is 45.6 Å². The lowest BCUT2D eigenvalue weighted by atomic mass is 9.99. The molecule has 106 valence electrons. The second-order valence-corrected chi connectivity index (χ2v) is 6.46. The second-order valence-electron chi connectivity index (χ2n) is 5.32. The number of fused-ring (bicyclic) bond motifs is 2. The normalized spacial score (nSPS) is 14.1. The summed E-state index contributed by atoms with van der Waals surface area (Å²) in [7, 11) is 0. The Bertz CT molecular complexity index is 761. The number of aromatic amines is 1. The van der Waals surface area contributed by atoms with E-state index in [9.17, 15) is 4.79 Å². The van der Waals surface area contributed by atoms with Crippen LogP contribution in [0.1, 0.15) is 33.0 Å². The smallest absolute Gasteiger partial charge is 0.268 e. The number of thiophene rings is 1. The number of nitrogens with one attached hydrogen (secondary N) is 2. The van der Waals surface area contributed by atoms with E-state index in [4.69, 9.17) is 0 Å². The van der Waals surface area contributed by atoms with Gasteiger partial charge in [0.25, 0.3) is 5.91 Å². The second kappa shape index (κ2) is 5.00. The molecule has 3 aromatic rings. The van der Waals surface area contributed by atoms with E-state index in [-0.39, 0.29) is 5.91 Å². The number of imidazole rings is 1. The number of H-pyrrole nitrogens is 1. The van der Waals surface area contributed by atoms with E-state index < -0.39 is 0 Å². The maximum absolute atomic E-state index is 12.3. The molecular formula is C16H15N3OS. The summed E-state index contributed by atoms with van der Waals surface area (Å²) in [5.41, 5.74) is 3.14. The molecule has 1 amide bonds. The molecule has 21 heavy (non-hydrogen) atoms. The highest BCUT2D eigenvalue weighted by atomic mass is 32.1. The number of amides is 1. The van der Waals surface area contributed by atoms with Gasteiger partial charge in [-0.05, 0) is 49.4 Å². The van der Waals surface area contributed by atoms with Crippen LogP contribution in [-0.4, -0.2) is 15.9 Å². The van der Waals surface area contributed by atoms with Crippen LogP contribution in [0, 0.1) is 0 Å². The monoisotopic (exact) mass is 297 g/mol. The van der Waals surface area contributed by atoms with Crippen molar-refractivity contribution in [1.29, 1.82) is 0 Å². The fraction of sp³-hybridized carbons (Fsp3) is 0.250. The molecule has 1 aromatic carbocycles. The van der Waals surface area contributed by atoms with Gasteiger partial charge in [0.1, 0.15) is 0 Å². The van der Waals surface area contributed by atoms with E-state index >= 15 is 0 Å². The number of aromatic nitrogens is 2. The van der Waals surface area contributed by atoms with Crippen molar-refractivity contribution in [1.82, 2.24) is 9.97 Å². The Morgan fingerprint density at radius 1 is 1.24 bits per heavy atom. The summed E-state index contributed by atoms with van der Waals surface area (Å²) in [6, 6.07) is 9.78. The van der Waals surface area contributed by atoms with Crippen molar-refractivity contribution in [3.8, 4) is 0 Å². The molecule has 2 N–H and O–H groups in total. The number of nitrogens with zero attached hydrogens (tertiary/aromatic N) is 1. The number of anilines is 1. The highest BCUT2D eigenvalue weighted by molar-refractivity contribution is 7.14. The minimum atomic E-state index is -0.0755. The van der Waals surface area contributed by atoms with Gasteiger partial charge in [-0.1, -0.05) is 12.1 Å². The zero-order chi connectivity index (χ0) is 14.2. The number of rotatable bonds is 2. The first-order valence-electron chi connectivity index (χ1n) is 7.17. The first-order chi connectivity index (χ1) is 10.3. The van der Waals surface area contributed by atoms with Gasteiger partial charge >= 0.3 is 0 Å². The van der Waals surface area contributed by atoms with E-state index in [0.29, 0.717) is 5.95 Å². The van der Waals surface area contributed by atoms with Gasteiger partial charge in [0.05, 0.1) is 15.9 Å². The molecule has 0 bridgehead atoms. The molecule has 4 rings (SSSR count). The summed E-state index contributed by atoms with van der Waals surface area (Å²) in [5.74, 6) is 0.432. The Morgan fingerprint density at radius 3 is 2.95 bits per heavy atom. The van der Waals surface area contributed by atoms with E-state index in [1.165, 1.54) is 23.3 Å². The lowest BCUT2D eigenvalue weighted by molar-refractivity contribution is 0.103. The summed E-state index contributed by atoms with van der Waals surface area (Å²) < 4.78 is 0. The van der Waals surface area contributed by atoms with Gasteiger partial charge < -0.3 is 4.98 Å². The topological polar surface area (TPSA) is 57.8 Å². The first kappa shape index (κ1) is 12.6. The minimum Gasteiger partial charge on any atom is -0.324 e. The van der Waals surface area contributed by atoms with Gasteiger partial charge in [-0.3, -0.25) is 10.1 Å². The van der Waals surface area contributed by atoms with Crippen molar-refractivity contribution < 1.29 is 4.79 Å². The zero-order valence-corrected chi connectivity index (χ0v) is 12.3. The number of carbonyl (C=O) groups excluding carboxylic acids is 1. The quantitative estimate of drug-likeness (QED) is 0.756. The third-order valence-electron chi connectivity index (χ3n) is 3.84. The maximum atomic E-state index is 12.3. The van der Waals surface area contributed by atoms with Crippen LogP contribution in [0.4, 0.5) is 5.95 Å². The van der Waals surface area contributed by atoms with Crippen LogP contribution in [0.15, 0.2) is 30.3 Å². The van der Waals surface area contributed by atoms with Gasteiger partial charge in [-0.25, -0.2) is 4.98 Å². The molecule has 0 saturated heterocycles. The fourth-order valence-electron chi connectivity index (χ4n) is 2.78. The van der Waals surface area contributed by atoms with E-state index in [2.05, 4.69) is 15.3 Å². The summed E-state index contributed by atoms with van der Waals surface area (Å²) in [4.78, 5) is 22.0. The molecule has 1 aliphatic carbocycles. The number of para-hydroxylation sites is 2. The van der Waals surface area contributed by atoms with E-state index in [0.717, 1.165) is 28.8 Å². The lowest BCUT2D eigenvalue weighted by Gasteiger charge is -2.08. The summed E-state index contributed by atoms with van der Waals surface area (Å²) in [5, 5.41) is 2.86. The Morgan fingerprint density at radius 2 is 2.10 bits per heavy atom. The Balaban J connectivity index is 1.58. The predicted octanol–water partition coefficient (Wildman–Crippen LogP) is 3.76. The zero-order valence-electron chi connectivity index (χ0n) is 11.5. The molecule has 4 nitrogen and oxygen atoms in total. The maximum Gasteiger partial charge on any atom is 0.268 e. The third kappa shape index (κ3) is 2.34. The molecule has 5 heteroatoms. The van der Waals surface area contributed by atoms with Crippen LogP contribution in [0.25, 0.3) is 11.0 Å². The van der Waals surface area contributed by atoms with Crippen LogP contribution >= 0.6 is 11.3 Å². The van der Waals surface area contributed by atoms with Crippen LogP contribution in [0.2, 0.25) is 0 Å². The molecule has 0 radical (unpaired) electrons. The van der Waals surface area contributed by atoms with Gasteiger partial charge in [-0.2, -0.15) is 0 Å². The molecule has 2 aromatic heterocycles. The summed E-state index contributed by atoms with van der Waals surface area (Å²) >= 11 is 1.62.